The molecule has 0 spiro atoms. The number of hydrogen-bond acceptors (Lipinski definition) is 3. The van der Waals surface area contributed by atoms with Crippen LogP contribution in [0.15, 0.2) is 0 Å². The molecule has 0 aromatic rings. The molecule has 64 valence electrons. The lowest BCUT2D eigenvalue weighted by Gasteiger charge is -2.35. The Balaban J connectivity index is 0. The molecule has 0 aromatic carbocycles. The molecule has 0 rings (SSSR count). The van der Waals surface area contributed by atoms with E-state index >= 15 is 0 Å². The summed E-state index contributed by atoms with van der Waals surface area (Å²) < 4.78 is 0. The van der Waals surface area contributed by atoms with Crippen molar-refractivity contribution in [2.75, 3.05) is 0 Å². The second kappa shape index (κ2) is 3.32. The SMILES string of the molecule is CCC(C)(N)C(C)(C)O.N. The average Bonchev–Trinajstić information content (AvgIpc) is 1.64. The lowest BCUT2D eigenvalue weighted by molar-refractivity contribution is 0.00414. The van der Waals surface area contributed by atoms with Gasteiger partial charge in [-0.15, -0.1) is 0 Å². The van der Waals surface area contributed by atoms with Crippen molar-refractivity contribution in [1.82, 2.24) is 6.15 Å². The molecule has 0 radical (unpaired) electrons. The van der Waals surface area contributed by atoms with Crippen LogP contribution >= 0.6 is 0 Å². The third kappa shape index (κ3) is 2.64. The van der Waals surface area contributed by atoms with Gasteiger partial charge in [-0.2, -0.15) is 0 Å². The van der Waals surface area contributed by atoms with E-state index in [1.54, 1.807) is 13.8 Å². The Kier molecular flexibility index (Phi) is 4.17. The minimum Gasteiger partial charge on any atom is -0.389 e. The summed E-state index contributed by atoms with van der Waals surface area (Å²) in [4.78, 5) is 0. The summed E-state index contributed by atoms with van der Waals surface area (Å²) in [5.74, 6) is 0. The molecule has 3 nitrogen and oxygen atoms in total. The van der Waals surface area contributed by atoms with E-state index < -0.39 is 11.1 Å². The number of aliphatic hydroxyl groups is 1. The summed E-state index contributed by atoms with van der Waals surface area (Å²) in [6.07, 6.45) is 0.788. The van der Waals surface area contributed by atoms with Gasteiger partial charge in [0, 0.05) is 5.54 Å². The van der Waals surface area contributed by atoms with Gasteiger partial charge in [0.25, 0.3) is 0 Å². The van der Waals surface area contributed by atoms with E-state index in [4.69, 9.17) is 5.73 Å². The van der Waals surface area contributed by atoms with Gasteiger partial charge in [-0.05, 0) is 27.2 Å². The highest BCUT2D eigenvalue weighted by Gasteiger charge is 2.33. The van der Waals surface area contributed by atoms with Gasteiger partial charge >= 0.3 is 0 Å². The molecule has 0 saturated heterocycles. The van der Waals surface area contributed by atoms with Crippen LogP contribution in [0.3, 0.4) is 0 Å². The van der Waals surface area contributed by atoms with Crippen molar-refractivity contribution < 1.29 is 5.11 Å². The first-order valence-corrected chi connectivity index (χ1v) is 3.32. The highest BCUT2D eigenvalue weighted by molar-refractivity contribution is 4.92. The van der Waals surface area contributed by atoms with Gasteiger partial charge in [0.1, 0.15) is 0 Å². The summed E-state index contributed by atoms with van der Waals surface area (Å²) in [6, 6.07) is 0. The molecular weight excluding hydrogens is 128 g/mol. The van der Waals surface area contributed by atoms with Crippen molar-refractivity contribution in [2.24, 2.45) is 5.73 Å². The van der Waals surface area contributed by atoms with E-state index in [9.17, 15) is 5.11 Å². The third-order valence-electron chi connectivity index (χ3n) is 2.13. The maximum absolute atomic E-state index is 9.42. The summed E-state index contributed by atoms with van der Waals surface area (Å²) in [5, 5.41) is 9.42. The Morgan fingerprint density at radius 1 is 1.30 bits per heavy atom. The maximum Gasteiger partial charge on any atom is 0.0767 e. The molecule has 0 saturated carbocycles. The van der Waals surface area contributed by atoms with Crippen LogP contribution in [-0.2, 0) is 0 Å². The Hall–Kier alpha value is -0.120. The Labute approximate surface area is 63.2 Å². The maximum atomic E-state index is 9.42. The summed E-state index contributed by atoms with van der Waals surface area (Å²) in [7, 11) is 0. The highest BCUT2D eigenvalue weighted by atomic mass is 16.3. The summed E-state index contributed by atoms with van der Waals surface area (Å²) in [5.41, 5.74) is 4.50. The second-order valence-electron chi connectivity index (χ2n) is 3.33. The molecule has 10 heavy (non-hydrogen) atoms. The van der Waals surface area contributed by atoms with E-state index in [0.717, 1.165) is 6.42 Å². The lowest BCUT2D eigenvalue weighted by atomic mass is 9.83. The highest BCUT2D eigenvalue weighted by Crippen LogP contribution is 2.20. The first-order valence-electron chi connectivity index (χ1n) is 3.32. The molecule has 0 aromatic heterocycles. The van der Waals surface area contributed by atoms with Crippen LogP contribution in [0.25, 0.3) is 0 Å². The molecule has 0 bridgehead atoms. The fourth-order valence-corrected chi connectivity index (χ4v) is 0.433. The molecule has 3 heteroatoms. The number of hydrogen-bond donors (Lipinski definition) is 3. The van der Waals surface area contributed by atoms with Gasteiger partial charge in [-0.1, -0.05) is 6.92 Å². The first-order chi connectivity index (χ1) is 3.81. The van der Waals surface area contributed by atoms with Crippen molar-refractivity contribution in [2.45, 2.75) is 45.3 Å². The Morgan fingerprint density at radius 2 is 1.60 bits per heavy atom. The predicted octanol–water partition coefficient (Wildman–Crippen LogP) is 1.05. The van der Waals surface area contributed by atoms with Crippen LogP contribution in [0, 0.1) is 0 Å². The predicted molar refractivity (Wildman–Crippen MR) is 44.2 cm³/mol. The monoisotopic (exact) mass is 148 g/mol. The van der Waals surface area contributed by atoms with Crippen molar-refractivity contribution in [1.29, 1.82) is 0 Å². The zero-order valence-electron chi connectivity index (χ0n) is 7.44. The zero-order valence-corrected chi connectivity index (χ0v) is 7.44. The van der Waals surface area contributed by atoms with E-state index in [1.165, 1.54) is 0 Å². The standard InChI is InChI=1S/C7H17NO.H3N/c1-5-7(4,8)6(2,3)9;/h9H,5,8H2,1-4H3;1H3. The van der Waals surface area contributed by atoms with E-state index in [2.05, 4.69) is 0 Å². The van der Waals surface area contributed by atoms with Crippen LogP contribution < -0.4 is 11.9 Å². The normalized spacial score (nSPS) is 17.4. The van der Waals surface area contributed by atoms with Gasteiger partial charge in [-0.3, -0.25) is 0 Å². The quantitative estimate of drug-likeness (QED) is 0.547. The van der Waals surface area contributed by atoms with Gasteiger partial charge in [0.15, 0.2) is 0 Å². The van der Waals surface area contributed by atoms with Gasteiger partial charge in [0.2, 0.25) is 0 Å². The van der Waals surface area contributed by atoms with Crippen LogP contribution in [-0.4, -0.2) is 16.2 Å². The molecule has 6 N–H and O–H groups in total. The van der Waals surface area contributed by atoms with Crippen molar-refractivity contribution in [3.05, 3.63) is 0 Å². The summed E-state index contributed by atoms with van der Waals surface area (Å²) in [6.45, 7) is 7.29. The molecule has 0 aliphatic rings. The Morgan fingerprint density at radius 3 is 1.60 bits per heavy atom. The third-order valence-corrected chi connectivity index (χ3v) is 2.13. The van der Waals surface area contributed by atoms with Crippen molar-refractivity contribution >= 4 is 0 Å². The zero-order chi connectivity index (χ0) is 7.71. The van der Waals surface area contributed by atoms with Gasteiger partial charge in [-0.25, -0.2) is 0 Å². The van der Waals surface area contributed by atoms with Crippen molar-refractivity contribution in [3.63, 3.8) is 0 Å². The lowest BCUT2D eigenvalue weighted by Crippen LogP contribution is -2.54. The molecule has 0 aliphatic heterocycles. The van der Waals surface area contributed by atoms with Crippen LogP contribution in [0.4, 0.5) is 0 Å². The van der Waals surface area contributed by atoms with Crippen LogP contribution in [0.2, 0.25) is 0 Å². The minimum absolute atomic E-state index is 0. The van der Waals surface area contributed by atoms with Crippen LogP contribution in [0.5, 0.6) is 0 Å². The molecule has 0 heterocycles. The molecule has 0 fully saturated rings. The topological polar surface area (TPSA) is 81.2 Å². The fourth-order valence-electron chi connectivity index (χ4n) is 0.433. The van der Waals surface area contributed by atoms with E-state index in [0.29, 0.717) is 0 Å². The Bertz CT molecular complexity index is 94.3. The van der Waals surface area contributed by atoms with Gasteiger partial charge < -0.3 is 17.0 Å². The molecular formula is C7H20N2O. The van der Waals surface area contributed by atoms with Crippen molar-refractivity contribution in [3.8, 4) is 0 Å². The van der Waals surface area contributed by atoms with E-state index in [-0.39, 0.29) is 6.15 Å². The molecule has 0 aliphatic carbocycles. The molecule has 1 unspecified atom stereocenters. The minimum atomic E-state index is -0.776. The average molecular weight is 148 g/mol. The first kappa shape index (κ1) is 12.5. The number of rotatable bonds is 2. The molecule has 0 amide bonds. The van der Waals surface area contributed by atoms with Gasteiger partial charge in [0.05, 0.1) is 5.60 Å². The largest absolute Gasteiger partial charge is 0.389 e. The number of nitrogens with two attached hydrogens (primary N) is 1. The summed E-state index contributed by atoms with van der Waals surface area (Å²) >= 11 is 0. The fraction of sp³-hybridized carbons (Fsp3) is 1.00. The van der Waals surface area contributed by atoms with Crippen LogP contribution in [0.1, 0.15) is 34.1 Å². The second-order valence-corrected chi connectivity index (χ2v) is 3.33. The smallest absolute Gasteiger partial charge is 0.0767 e. The van der Waals surface area contributed by atoms with E-state index in [1.807, 2.05) is 13.8 Å². The molecule has 1 atom stereocenters.